The summed E-state index contributed by atoms with van der Waals surface area (Å²) in [4.78, 5) is 14.5. The minimum atomic E-state index is 0.118. The molecule has 1 aromatic rings. The van der Waals surface area contributed by atoms with E-state index in [-0.39, 0.29) is 5.91 Å². The fourth-order valence-electron chi connectivity index (χ4n) is 1.32. The lowest BCUT2D eigenvalue weighted by atomic mass is 10.1. The Hall–Kier alpha value is -0.390. The van der Waals surface area contributed by atoms with Crippen molar-refractivity contribution in [1.29, 1.82) is 0 Å². The van der Waals surface area contributed by atoms with Crippen LogP contribution in [0.5, 0.6) is 0 Å². The van der Waals surface area contributed by atoms with Crippen molar-refractivity contribution in [1.82, 2.24) is 10.2 Å². The van der Waals surface area contributed by atoms with Crippen LogP contribution in [0, 0.1) is 0 Å². The van der Waals surface area contributed by atoms with Gasteiger partial charge in [0.25, 0.3) is 5.91 Å². The fraction of sp³-hybridized carbons (Fsp3) is 0.444. The van der Waals surface area contributed by atoms with E-state index in [0.29, 0.717) is 6.04 Å². The van der Waals surface area contributed by atoms with Crippen LogP contribution in [-0.4, -0.2) is 37.0 Å². The van der Waals surface area contributed by atoms with Crippen molar-refractivity contribution in [3.8, 4) is 0 Å². The molecule has 76 valence electrons. The first-order chi connectivity index (χ1) is 6.68. The molecule has 0 spiro atoms. The Morgan fingerprint density at radius 2 is 2.36 bits per heavy atom. The second kappa shape index (κ2) is 4.00. The number of halogens is 1. The molecule has 1 aromatic heterocycles. The first-order valence-corrected chi connectivity index (χ1v) is 6.02. The normalized spacial score (nSPS) is 16.4. The van der Waals surface area contributed by atoms with Gasteiger partial charge in [-0.05, 0) is 28.1 Å². The van der Waals surface area contributed by atoms with Crippen molar-refractivity contribution >= 4 is 33.2 Å². The van der Waals surface area contributed by atoms with E-state index in [2.05, 4.69) is 21.2 Å². The standard InChI is InChI=1S/C9H11BrN2OS/c1-12(6-4-11-5-6)9(13)7-2-3-8(10)14-7/h2-3,6,11H,4-5H2,1H3. The predicted octanol–water partition coefficient (Wildman–Crippen LogP) is 1.55. The monoisotopic (exact) mass is 274 g/mol. The number of hydrogen-bond acceptors (Lipinski definition) is 3. The van der Waals surface area contributed by atoms with Gasteiger partial charge in [-0.25, -0.2) is 0 Å². The lowest BCUT2D eigenvalue weighted by Gasteiger charge is -2.35. The van der Waals surface area contributed by atoms with Crippen LogP contribution in [0.15, 0.2) is 15.9 Å². The molecule has 1 amide bonds. The number of hydrogen-bond donors (Lipinski definition) is 1. The maximum Gasteiger partial charge on any atom is 0.264 e. The van der Waals surface area contributed by atoms with E-state index in [1.54, 1.807) is 0 Å². The lowest BCUT2D eigenvalue weighted by molar-refractivity contribution is 0.0686. The Balaban J connectivity index is 2.07. The maximum atomic E-state index is 11.9. The Morgan fingerprint density at radius 1 is 1.64 bits per heavy atom. The maximum absolute atomic E-state index is 11.9. The molecule has 2 heterocycles. The van der Waals surface area contributed by atoms with Gasteiger partial charge in [0.05, 0.1) is 14.7 Å². The largest absolute Gasteiger partial charge is 0.335 e. The van der Waals surface area contributed by atoms with Gasteiger partial charge in [-0.15, -0.1) is 11.3 Å². The molecule has 1 N–H and O–H groups in total. The smallest absolute Gasteiger partial charge is 0.264 e. The predicted molar refractivity (Wildman–Crippen MR) is 60.8 cm³/mol. The molecule has 0 aromatic carbocycles. The number of carbonyl (C=O) groups is 1. The molecular formula is C9H11BrN2OS. The van der Waals surface area contributed by atoms with Crippen molar-refractivity contribution < 1.29 is 4.79 Å². The van der Waals surface area contributed by atoms with Crippen molar-refractivity contribution in [3.05, 3.63) is 20.8 Å². The van der Waals surface area contributed by atoms with Crippen molar-refractivity contribution in [2.45, 2.75) is 6.04 Å². The van der Waals surface area contributed by atoms with Gasteiger partial charge < -0.3 is 10.2 Å². The summed E-state index contributed by atoms with van der Waals surface area (Å²) in [7, 11) is 1.86. The van der Waals surface area contributed by atoms with Gasteiger partial charge in [0.1, 0.15) is 0 Å². The average molecular weight is 275 g/mol. The topological polar surface area (TPSA) is 32.3 Å². The molecule has 0 saturated carbocycles. The van der Waals surface area contributed by atoms with Gasteiger partial charge in [-0.2, -0.15) is 0 Å². The molecule has 0 aliphatic carbocycles. The fourth-order valence-corrected chi connectivity index (χ4v) is 2.69. The number of nitrogens with zero attached hydrogens (tertiary/aromatic N) is 1. The zero-order valence-electron chi connectivity index (χ0n) is 7.79. The summed E-state index contributed by atoms with van der Waals surface area (Å²) in [5.41, 5.74) is 0. The third kappa shape index (κ3) is 1.85. The van der Waals surface area contributed by atoms with E-state index in [0.717, 1.165) is 21.8 Å². The molecule has 2 rings (SSSR count). The van der Waals surface area contributed by atoms with Gasteiger partial charge >= 0.3 is 0 Å². The number of carbonyl (C=O) groups excluding carboxylic acids is 1. The Labute approximate surface area is 95.2 Å². The van der Waals surface area contributed by atoms with Crippen LogP contribution < -0.4 is 5.32 Å². The second-order valence-electron chi connectivity index (χ2n) is 3.33. The van der Waals surface area contributed by atoms with E-state index in [9.17, 15) is 4.79 Å². The lowest BCUT2D eigenvalue weighted by Crippen LogP contribution is -2.57. The van der Waals surface area contributed by atoms with E-state index >= 15 is 0 Å². The highest BCUT2D eigenvalue weighted by Gasteiger charge is 2.26. The van der Waals surface area contributed by atoms with Crippen LogP contribution in [0.1, 0.15) is 9.67 Å². The highest BCUT2D eigenvalue weighted by atomic mass is 79.9. The highest BCUT2D eigenvalue weighted by Crippen LogP contribution is 2.23. The molecule has 0 atom stereocenters. The van der Waals surface area contributed by atoms with E-state index in [4.69, 9.17) is 0 Å². The van der Waals surface area contributed by atoms with Crippen molar-refractivity contribution in [2.75, 3.05) is 20.1 Å². The van der Waals surface area contributed by atoms with Crippen LogP contribution in [0.25, 0.3) is 0 Å². The van der Waals surface area contributed by atoms with Crippen LogP contribution >= 0.6 is 27.3 Å². The summed E-state index contributed by atoms with van der Waals surface area (Å²) in [5.74, 6) is 0.118. The molecule has 14 heavy (non-hydrogen) atoms. The van der Waals surface area contributed by atoms with Gasteiger partial charge in [-0.1, -0.05) is 0 Å². The first kappa shape index (κ1) is 10.1. The van der Waals surface area contributed by atoms with Gasteiger partial charge in [0.15, 0.2) is 0 Å². The van der Waals surface area contributed by atoms with E-state index < -0.39 is 0 Å². The van der Waals surface area contributed by atoms with Crippen molar-refractivity contribution in [3.63, 3.8) is 0 Å². The number of rotatable bonds is 2. The molecule has 1 aliphatic heterocycles. The first-order valence-electron chi connectivity index (χ1n) is 4.41. The molecule has 0 bridgehead atoms. The van der Waals surface area contributed by atoms with Crippen molar-refractivity contribution in [2.24, 2.45) is 0 Å². The zero-order chi connectivity index (χ0) is 10.1. The van der Waals surface area contributed by atoms with Gasteiger partial charge in [0, 0.05) is 20.1 Å². The molecule has 5 heteroatoms. The number of amides is 1. The summed E-state index contributed by atoms with van der Waals surface area (Å²) in [5, 5.41) is 3.15. The van der Waals surface area contributed by atoms with E-state index in [1.165, 1.54) is 11.3 Å². The number of nitrogens with one attached hydrogen (secondary N) is 1. The SMILES string of the molecule is CN(C(=O)c1ccc(Br)s1)C1CNC1. The molecular weight excluding hydrogens is 264 g/mol. The molecule has 3 nitrogen and oxygen atoms in total. The molecule has 1 saturated heterocycles. The van der Waals surface area contributed by atoms with Crippen LogP contribution in [0.3, 0.4) is 0 Å². The summed E-state index contributed by atoms with van der Waals surface area (Å²) < 4.78 is 1.00. The Kier molecular flexibility index (Phi) is 2.90. The van der Waals surface area contributed by atoms with Crippen LogP contribution in [0.4, 0.5) is 0 Å². The second-order valence-corrected chi connectivity index (χ2v) is 5.79. The zero-order valence-corrected chi connectivity index (χ0v) is 10.2. The minimum Gasteiger partial charge on any atom is -0.335 e. The Bertz CT molecular complexity index is 348. The molecule has 0 radical (unpaired) electrons. The van der Waals surface area contributed by atoms with Crippen LogP contribution in [-0.2, 0) is 0 Å². The van der Waals surface area contributed by atoms with Gasteiger partial charge in [-0.3, -0.25) is 4.79 Å². The summed E-state index contributed by atoms with van der Waals surface area (Å²) in [6, 6.07) is 4.13. The third-order valence-corrected chi connectivity index (χ3v) is 4.02. The quantitative estimate of drug-likeness (QED) is 0.888. The van der Waals surface area contributed by atoms with Crippen LogP contribution in [0.2, 0.25) is 0 Å². The summed E-state index contributed by atoms with van der Waals surface area (Å²) in [6.07, 6.45) is 0. The minimum absolute atomic E-state index is 0.118. The summed E-state index contributed by atoms with van der Waals surface area (Å²) >= 11 is 4.83. The molecule has 1 aliphatic rings. The third-order valence-electron chi connectivity index (χ3n) is 2.41. The average Bonchev–Trinajstić information content (AvgIpc) is 2.47. The number of thiophene rings is 1. The van der Waals surface area contributed by atoms with E-state index in [1.807, 2.05) is 24.1 Å². The molecule has 0 unspecified atom stereocenters. The Morgan fingerprint density at radius 3 is 2.79 bits per heavy atom. The number of likely N-dealkylation sites (N-methyl/N-ethyl adjacent to an activating group) is 1. The highest BCUT2D eigenvalue weighted by molar-refractivity contribution is 9.11. The van der Waals surface area contributed by atoms with Gasteiger partial charge in [0.2, 0.25) is 0 Å². The summed E-state index contributed by atoms with van der Waals surface area (Å²) in [6.45, 7) is 1.82. The molecule has 1 fully saturated rings.